The Kier molecular flexibility index (Phi) is 5.78. The van der Waals surface area contributed by atoms with Crippen LogP contribution in [0.4, 0.5) is 19.0 Å². The SMILES string of the molecule is Cc1cc(-c2ncn(/C=C\C(=O)NNc3cnccn3)n2)cc(C(F)(F)F)c1Cl. The number of anilines is 1. The highest BCUT2D eigenvalue weighted by Crippen LogP contribution is 2.38. The molecule has 0 bridgehead atoms. The molecule has 0 spiro atoms. The van der Waals surface area contributed by atoms with Crippen molar-refractivity contribution in [2.24, 2.45) is 0 Å². The van der Waals surface area contributed by atoms with Crippen LogP contribution in [-0.4, -0.2) is 30.6 Å². The first-order valence-corrected chi connectivity index (χ1v) is 8.41. The number of carbonyl (C=O) groups excluding carboxylic acids is 1. The third-order valence-corrected chi connectivity index (χ3v) is 4.08. The summed E-state index contributed by atoms with van der Waals surface area (Å²) in [5.41, 5.74) is 4.36. The number of carbonyl (C=O) groups is 1. The Hall–Kier alpha value is -3.47. The van der Waals surface area contributed by atoms with Gasteiger partial charge in [-0.1, -0.05) is 11.6 Å². The zero-order valence-electron chi connectivity index (χ0n) is 14.8. The van der Waals surface area contributed by atoms with Crippen LogP contribution in [0.5, 0.6) is 0 Å². The summed E-state index contributed by atoms with van der Waals surface area (Å²) in [6.07, 6.45) is 3.44. The fraction of sp³-hybridized carbons (Fsp3) is 0.118. The summed E-state index contributed by atoms with van der Waals surface area (Å²) in [5, 5.41) is 3.68. The second-order valence-electron chi connectivity index (χ2n) is 5.72. The number of rotatable bonds is 5. The molecule has 0 aliphatic heterocycles. The first-order valence-electron chi connectivity index (χ1n) is 8.03. The van der Waals surface area contributed by atoms with Gasteiger partial charge in [0, 0.05) is 30.2 Å². The number of hydrogen-bond donors (Lipinski definition) is 2. The average molecular weight is 424 g/mol. The Morgan fingerprint density at radius 2 is 2.03 bits per heavy atom. The molecule has 0 saturated heterocycles. The molecule has 0 aliphatic carbocycles. The van der Waals surface area contributed by atoms with Crippen LogP contribution < -0.4 is 10.9 Å². The summed E-state index contributed by atoms with van der Waals surface area (Å²) in [6, 6.07) is 2.34. The number of amides is 1. The predicted octanol–water partition coefficient (Wildman–Crippen LogP) is 3.33. The number of nitrogens with zero attached hydrogens (tertiary/aromatic N) is 5. The Bertz CT molecular complexity index is 1050. The van der Waals surface area contributed by atoms with Crippen molar-refractivity contribution in [1.29, 1.82) is 0 Å². The van der Waals surface area contributed by atoms with Crippen molar-refractivity contribution in [2.45, 2.75) is 13.1 Å². The molecule has 0 aliphatic rings. The Morgan fingerprint density at radius 3 is 2.72 bits per heavy atom. The zero-order valence-corrected chi connectivity index (χ0v) is 15.5. The highest BCUT2D eigenvalue weighted by molar-refractivity contribution is 6.32. The number of halogens is 4. The lowest BCUT2D eigenvalue weighted by molar-refractivity contribution is -0.137. The summed E-state index contributed by atoms with van der Waals surface area (Å²) in [7, 11) is 0. The first kappa shape index (κ1) is 20.3. The van der Waals surface area contributed by atoms with Gasteiger partial charge >= 0.3 is 6.18 Å². The maximum Gasteiger partial charge on any atom is 0.417 e. The van der Waals surface area contributed by atoms with Gasteiger partial charge in [0.25, 0.3) is 5.91 Å². The van der Waals surface area contributed by atoms with Gasteiger partial charge < -0.3 is 0 Å². The number of nitrogens with one attached hydrogen (secondary N) is 2. The maximum absolute atomic E-state index is 13.1. The fourth-order valence-electron chi connectivity index (χ4n) is 2.26. The van der Waals surface area contributed by atoms with Crippen molar-refractivity contribution in [2.75, 3.05) is 5.43 Å². The number of aryl methyl sites for hydroxylation is 1. The molecule has 0 unspecified atom stereocenters. The summed E-state index contributed by atoms with van der Waals surface area (Å²) >= 11 is 5.77. The summed E-state index contributed by atoms with van der Waals surface area (Å²) in [5.74, 6) is -0.122. The van der Waals surface area contributed by atoms with Crippen molar-refractivity contribution in [3.63, 3.8) is 0 Å². The Balaban J connectivity index is 1.71. The summed E-state index contributed by atoms with van der Waals surface area (Å²) < 4.78 is 40.6. The van der Waals surface area contributed by atoms with Gasteiger partial charge in [-0.3, -0.25) is 20.6 Å². The van der Waals surface area contributed by atoms with Gasteiger partial charge in [-0.25, -0.2) is 14.6 Å². The van der Waals surface area contributed by atoms with Crippen molar-refractivity contribution in [3.05, 3.63) is 59.3 Å². The minimum atomic E-state index is -4.60. The van der Waals surface area contributed by atoms with E-state index in [0.717, 1.165) is 12.1 Å². The van der Waals surface area contributed by atoms with Crippen LogP contribution in [0.2, 0.25) is 5.02 Å². The maximum atomic E-state index is 13.1. The van der Waals surface area contributed by atoms with Crippen molar-refractivity contribution >= 4 is 29.5 Å². The first-order chi connectivity index (χ1) is 13.7. The quantitative estimate of drug-likeness (QED) is 0.482. The molecule has 2 N–H and O–H groups in total. The van der Waals surface area contributed by atoms with Gasteiger partial charge in [-0.2, -0.15) is 13.2 Å². The largest absolute Gasteiger partial charge is 0.417 e. The molecule has 0 fully saturated rings. The molecule has 3 aromatic rings. The van der Waals surface area contributed by atoms with E-state index in [1.54, 1.807) is 0 Å². The minimum Gasteiger partial charge on any atom is -0.280 e. The summed E-state index contributed by atoms with van der Waals surface area (Å²) in [6.45, 7) is 1.46. The van der Waals surface area contributed by atoms with Gasteiger partial charge in [-0.05, 0) is 24.6 Å². The molecule has 8 nitrogen and oxygen atoms in total. The van der Waals surface area contributed by atoms with Gasteiger partial charge in [0.2, 0.25) is 0 Å². The molecule has 1 amide bonds. The topological polar surface area (TPSA) is 97.6 Å². The molecule has 150 valence electrons. The Labute approximate surface area is 167 Å². The van der Waals surface area contributed by atoms with Crippen LogP contribution in [0.1, 0.15) is 11.1 Å². The standard InChI is InChI=1S/C17H13ClF3N7O/c1-10-6-11(7-12(15(10)18)17(19,20)21)16-24-9-28(27-16)5-2-14(29)26-25-13-8-22-3-4-23-13/h2-9H,1H3,(H,23,25)(H,26,29)/b5-2-. The predicted molar refractivity (Wildman–Crippen MR) is 99.3 cm³/mol. The molecule has 0 saturated carbocycles. The number of benzene rings is 1. The molecular formula is C17H13ClF3N7O. The van der Waals surface area contributed by atoms with Gasteiger partial charge in [-0.15, -0.1) is 5.10 Å². The van der Waals surface area contributed by atoms with E-state index < -0.39 is 17.6 Å². The second kappa shape index (κ2) is 8.27. The smallest absolute Gasteiger partial charge is 0.280 e. The van der Waals surface area contributed by atoms with Crippen molar-refractivity contribution in [1.82, 2.24) is 30.2 Å². The van der Waals surface area contributed by atoms with Crippen molar-refractivity contribution < 1.29 is 18.0 Å². The average Bonchev–Trinajstić information content (AvgIpc) is 3.15. The van der Waals surface area contributed by atoms with Gasteiger partial charge in [0.1, 0.15) is 6.33 Å². The highest BCUT2D eigenvalue weighted by Gasteiger charge is 2.34. The number of hydrazine groups is 1. The van der Waals surface area contributed by atoms with Gasteiger partial charge in [0.05, 0.1) is 16.8 Å². The van der Waals surface area contributed by atoms with E-state index in [2.05, 4.69) is 30.9 Å². The number of alkyl halides is 3. The highest BCUT2D eigenvalue weighted by atomic mass is 35.5. The molecule has 29 heavy (non-hydrogen) atoms. The van der Waals surface area contributed by atoms with Crippen molar-refractivity contribution in [3.8, 4) is 11.4 Å². The molecule has 3 rings (SSSR count). The third kappa shape index (κ3) is 5.08. The molecular weight excluding hydrogens is 411 g/mol. The van der Waals surface area contributed by atoms with Crippen LogP contribution in [0.15, 0.2) is 43.1 Å². The number of aromatic nitrogens is 5. The van der Waals surface area contributed by atoms with Crippen LogP contribution in [0.25, 0.3) is 17.6 Å². The molecule has 1 aromatic carbocycles. The third-order valence-electron chi connectivity index (χ3n) is 3.58. The normalized spacial score (nSPS) is 11.6. The van der Waals surface area contributed by atoms with Crippen LogP contribution in [-0.2, 0) is 11.0 Å². The van der Waals surface area contributed by atoms with E-state index in [1.165, 1.54) is 48.8 Å². The van der Waals surface area contributed by atoms with E-state index >= 15 is 0 Å². The zero-order chi connectivity index (χ0) is 21.0. The molecule has 0 atom stereocenters. The second-order valence-corrected chi connectivity index (χ2v) is 6.10. The lowest BCUT2D eigenvalue weighted by Gasteiger charge is -2.12. The minimum absolute atomic E-state index is 0.0537. The van der Waals surface area contributed by atoms with E-state index in [4.69, 9.17) is 11.6 Å². The molecule has 2 heterocycles. The molecule has 0 radical (unpaired) electrons. The van der Waals surface area contributed by atoms with E-state index in [0.29, 0.717) is 5.82 Å². The lowest BCUT2D eigenvalue weighted by atomic mass is 10.1. The van der Waals surface area contributed by atoms with Crippen LogP contribution in [0, 0.1) is 6.92 Å². The van der Waals surface area contributed by atoms with E-state index in [1.807, 2.05) is 0 Å². The number of hydrogen-bond acceptors (Lipinski definition) is 6. The van der Waals surface area contributed by atoms with E-state index in [-0.39, 0.29) is 22.0 Å². The summed E-state index contributed by atoms with van der Waals surface area (Å²) in [4.78, 5) is 23.5. The monoisotopic (exact) mass is 423 g/mol. The molecule has 12 heteroatoms. The fourth-order valence-corrected chi connectivity index (χ4v) is 2.48. The van der Waals surface area contributed by atoms with E-state index in [9.17, 15) is 18.0 Å². The van der Waals surface area contributed by atoms with Crippen LogP contribution >= 0.6 is 11.6 Å². The van der Waals surface area contributed by atoms with Crippen LogP contribution in [0.3, 0.4) is 0 Å². The lowest BCUT2D eigenvalue weighted by Crippen LogP contribution is -2.28. The van der Waals surface area contributed by atoms with Gasteiger partial charge in [0.15, 0.2) is 11.6 Å². The Morgan fingerprint density at radius 1 is 1.24 bits per heavy atom. The molecule has 2 aromatic heterocycles.